The van der Waals surface area contributed by atoms with E-state index in [4.69, 9.17) is 18.9 Å². The highest BCUT2D eigenvalue weighted by atomic mass is 16.8. The van der Waals surface area contributed by atoms with Crippen molar-refractivity contribution in [2.75, 3.05) is 6.61 Å². The lowest BCUT2D eigenvalue weighted by Crippen LogP contribution is -2.64. The van der Waals surface area contributed by atoms with Crippen molar-refractivity contribution >= 4 is 5.78 Å². The minimum atomic E-state index is -1.77. The maximum atomic E-state index is 12.7. The van der Waals surface area contributed by atoms with Crippen LogP contribution in [0.5, 0.6) is 23.0 Å². The van der Waals surface area contributed by atoms with E-state index in [0.717, 1.165) is 17.7 Å². The highest BCUT2D eigenvalue weighted by Gasteiger charge is 2.51. The fourth-order valence-corrected chi connectivity index (χ4v) is 4.70. The molecule has 9 N–H and O–H groups in total. The quantitative estimate of drug-likeness (QED) is 0.156. The fourth-order valence-electron chi connectivity index (χ4n) is 4.70. The van der Waals surface area contributed by atoms with Crippen LogP contribution in [0.25, 0.3) is 0 Å². The molecule has 0 amide bonds. The average Bonchev–Trinajstić information content (AvgIpc) is 2.93. The van der Waals surface area contributed by atoms with Gasteiger partial charge in [-0.05, 0) is 31.0 Å². The van der Waals surface area contributed by atoms with Crippen LogP contribution in [0.15, 0.2) is 36.4 Å². The molecule has 10 atom stereocenters. The number of carbonyl (C=O) groups is 1. The number of carbonyl (C=O) groups excluding carboxylic acids is 1. The zero-order valence-corrected chi connectivity index (χ0v) is 21.9. The first-order valence-electron chi connectivity index (χ1n) is 12.9. The lowest BCUT2D eigenvalue weighted by molar-refractivity contribution is -0.354. The molecule has 2 aromatic carbocycles. The first kappa shape index (κ1) is 30.9. The third kappa shape index (κ3) is 6.72. The molecule has 2 fully saturated rings. The number of hydrogen-bond donors (Lipinski definition) is 9. The fraction of sp³-hybridized carbons (Fsp3) is 0.519. The maximum Gasteiger partial charge on any atom is 0.229 e. The molecule has 2 aliphatic rings. The Labute approximate surface area is 234 Å². The van der Waals surface area contributed by atoms with Gasteiger partial charge >= 0.3 is 0 Å². The van der Waals surface area contributed by atoms with Crippen LogP contribution in [0.1, 0.15) is 29.3 Å². The molecular weight excluding hydrogens is 548 g/mol. The largest absolute Gasteiger partial charge is 0.508 e. The van der Waals surface area contributed by atoms with Crippen LogP contribution in [0.4, 0.5) is 0 Å². The van der Waals surface area contributed by atoms with Crippen LogP contribution in [0, 0.1) is 0 Å². The molecule has 0 aliphatic carbocycles. The minimum Gasteiger partial charge on any atom is -0.508 e. The molecular formula is C27H34O14. The molecule has 4 rings (SSSR count). The first-order chi connectivity index (χ1) is 19.4. The number of aliphatic hydroxyl groups is 6. The number of ether oxygens (including phenoxy) is 4. The molecule has 2 aromatic rings. The second kappa shape index (κ2) is 12.9. The highest BCUT2D eigenvalue weighted by molar-refractivity contribution is 6.01. The number of benzene rings is 2. The molecule has 2 aliphatic heterocycles. The number of rotatable bonds is 9. The molecule has 0 saturated carbocycles. The number of phenols is 3. The van der Waals surface area contributed by atoms with Crippen LogP contribution in [-0.2, 0) is 20.6 Å². The monoisotopic (exact) mass is 582 g/mol. The number of aromatic hydroxyl groups is 3. The molecule has 0 aromatic heterocycles. The van der Waals surface area contributed by atoms with E-state index in [1.807, 2.05) is 0 Å². The van der Waals surface area contributed by atoms with Crippen molar-refractivity contribution in [3.63, 3.8) is 0 Å². The molecule has 2 saturated heterocycles. The van der Waals surface area contributed by atoms with Crippen LogP contribution in [0.3, 0.4) is 0 Å². The van der Waals surface area contributed by atoms with Gasteiger partial charge in [0.2, 0.25) is 6.29 Å². The second-order valence-electron chi connectivity index (χ2n) is 10.0. The number of Topliss-reactive ketones (excluding diaryl/α,β-unsaturated/α-hetero) is 1. The average molecular weight is 583 g/mol. The molecule has 0 unspecified atom stereocenters. The highest BCUT2D eigenvalue weighted by Crippen LogP contribution is 2.36. The van der Waals surface area contributed by atoms with Crippen molar-refractivity contribution in [3.05, 3.63) is 47.5 Å². The van der Waals surface area contributed by atoms with Gasteiger partial charge in [0.15, 0.2) is 18.2 Å². The summed E-state index contributed by atoms with van der Waals surface area (Å²) in [6.07, 6.45) is -15.3. The number of aliphatic hydroxyl groups excluding tert-OH is 6. The molecule has 0 radical (unpaired) electrons. The lowest BCUT2D eigenvalue weighted by Gasteiger charge is -2.45. The van der Waals surface area contributed by atoms with Gasteiger partial charge in [0.1, 0.15) is 65.2 Å². The predicted octanol–water partition coefficient (Wildman–Crippen LogP) is -1.35. The Morgan fingerprint density at radius 2 is 1.46 bits per heavy atom. The normalized spacial score (nSPS) is 33.8. The summed E-state index contributed by atoms with van der Waals surface area (Å²) in [5.74, 6) is -2.00. The van der Waals surface area contributed by atoms with Gasteiger partial charge in [-0.1, -0.05) is 12.1 Å². The summed E-state index contributed by atoms with van der Waals surface area (Å²) in [6, 6.07) is 8.22. The van der Waals surface area contributed by atoms with Crippen LogP contribution < -0.4 is 4.74 Å². The van der Waals surface area contributed by atoms with Crippen molar-refractivity contribution in [1.29, 1.82) is 0 Å². The van der Waals surface area contributed by atoms with Crippen LogP contribution in [0.2, 0.25) is 0 Å². The van der Waals surface area contributed by atoms with E-state index in [9.17, 15) is 50.8 Å². The summed E-state index contributed by atoms with van der Waals surface area (Å²) in [4.78, 5) is 12.7. The summed E-state index contributed by atoms with van der Waals surface area (Å²) < 4.78 is 22.2. The van der Waals surface area contributed by atoms with Gasteiger partial charge in [0, 0.05) is 18.6 Å². The zero-order chi connectivity index (χ0) is 30.0. The number of hydrogen-bond acceptors (Lipinski definition) is 14. The van der Waals surface area contributed by atoms with Crippen molar-refractivity contribution in [3.8, 4) is 23.0 Å². The number of aryl methyl sites for hydroxylation is 1. The minimum absolute atomic E-state index is 0.0706. The van der Waals surface area contributed by atoms with Crippen molar-refractivity contribution in [2.24, 2.45) is 0 Å². The van der Waals surface area contributed by atoms with E-state index in [-0.39, 0.29) is 29.9 Å². The summed E-state index contributed by atoms with van der Waals surface area (Å²) >= 11 is 0. The molecule has 0 spiro atoms. The Hall–Kier alpha value is -3.05. The van der Waals surface area contributed by atoms with Gasteiger partial charge < -0.3 is 64.9 Å². The Kier molecular flexibility index (Phi) is 9.69. The number of ketones is 1. The summed E-state index contributed by atoms with van der Waals surface area (Å²) in [7, 11) is 0. The van der Waals surface area contributed by atoms with E-state index in [1.54, 1.807) is 12.1 Å². The van der Waals surface area contributed by atoms with Crippen molar-refractivity contribution < 1.29 is 69.7 Å². The standard InChI is InChI=1S/C27H34O14/c1-11-20(33)22(35)24(37)26(38-11)41-25-23(36)21(34)18(10-28)40-27(25)39-14-8-16(31)19(17(32)9-14)15(30)7-4-12-2-5-13(29)6-3-12/h2-3,5-6,8-9,11,18,20-29,31-37H,4,7,10H2,1H3/t11-,18-,20+,21-,22-,23+,24-,25-,26+,27+/m1/s1. The van der Waals surface area contributed by atoms with Gasteiger partial charge in [-0.2, -0.15) is 0 Å². The molecule has 14 heteroatoms. The summed E-state index contributed by atoms with van der Waals surface area (Å²) in [5, 5.41) is 91.5. The Bertz CT molecular complexity index is 1170. The van der Waals surface area contributed by atoms with Gasteiger partial charge in [0.25, 0.3) is 0 Å². The first-order valence-corrected chi connectivity index (χ1v) is 12.9. The van der Waals surface area contributed by atoms with Gasteiger partial charge in [-0.25, -0.2) is 0 Å². The number of phenolic OH excluding ortho intramolecular Hbond substituents is 3. The predicted molar refractivity (Wildman–Crippen MR) is 136 cm³/mol. The third-order valence-corrected chi connectivity index (χ3v) is 7.10. The van der Waals surface area contributed by atoms with Gasteiger partial charge in [0.05, 0.1) is 12.7 Å². The van der Waals surface area contributed by atoms with Crippen LogP contribution >= 0.6 is 0 Å². The second-order valence-corrected chi connectivity index (χ2v) is 10.0. The molecule has 14 nitrogen and oxygen atoms in total. The van der Waals surface area contributed by atoms with E-state index in [2.05, 4.69) is 0 Å². The zero-order valence-electron chi connectivity index (χ0n) is 21.9. The van der Waals surface area contributed by atoms with Crippen molar-refractivity contribution in [1.82, 2.24) is 0 Å². The molecule has 0 bridgehead atoms. The third-order valence-electron chi connectivity index (χ3n) is 7.10. The molecule has 2 heterocycles. The van der Waals surface area contributed by atoms with Crippen molar-refractivity contribution in [2.45, 2.75) is 81.2 Å². The molecule has 41 heavy (non-hydrogen) atoms. The van der Waals surface area contributed by atoms with E-state index < -0.39 is 85.3 Å². The SMILES string of the molecule is C[C@H]1O[C@@H](O[C@H]2[C@@H](Oc3cc(O)c(C(=O)CCc4ccc(O)cc4)c(O)c3)O[C@H](CO)[C@@H](O)[C@@H]2O)[C@H](O)[C@H](O)[C@H]1O. The van der Waals surface area contributed by atoms with Crippen LogP contribution in [-0.4, -0.2) is 120 Å². The van der Waals surface area contributed by atoms with E-state index in [0.29, 0.717) is 0 Å². The smallest absolute Gasteiger partial charge is 0.229 e. The lowest BCUT2D eigenvalue weighted by atomic mass is 9.97. The maximum absolute atomic E-state index is 12.7. The summed E-state index contributed by atoms with van der Waals surface area (Å²) in [6.45, 7) is 0.675. The summed E-state index contributed by atoms with van der Waals surface area (Å²) in [5.41, 5.74) is 0.385. The van der Waals surface area contributed by atoms with Gasteiger partial charge in [-0.15, -0.1) is 0 Å². The Morgan fingerprint density at radius 1 is 0.829 bits per heavy atom. The van der Waals surface area contributed by atoms with E-state index in [1.165, 1.54) is 19.1 Å². The Balaban J connectivity index is 1.52. The Morgan fingerprint density at radius 3 is 2.07 bits per heavy atom. The van der Waals surface area contributed by atoms with E-state index >= 15 is 0 Å². The topological polar surface area (TPSA) is 236 Å². The molecule has 226 valence electrons. The van der Waals surface area contributed by atoms with Gasteiger partial charge in [-0.3, -0.25) is 4.79 Å².